The Morgan fingerprint density at radius 1 is 1.24 bits per heavy atom. The summed E-state index contributed by atoms with van der Waals surface area (Å²) in [5, 5.41) is 12.4. The second kappa shape index (κ2) is 7.82. The lowest BCUT2D eigenvalue weighted by atomic mass is 9.48. The molecule has 0 aromatic heterocycles. The van der Waals surface area contributed by atoms with Crippen molar-refractivity contribution >= 4 is 12.0 Å². The topological polar surface area (TPSA) is 53.0 Å². The number of nitrogens with zero attached hydrogens (tertiary/aromatic N) is 2. The van der Waals surface area contributed by atoms with E-state index >= 15 is 0 Å². The molecule has 1 amide bonds. The highest BCUT2D eigenvalue weighted by Crippen LogP contribution is 2.64. The molecule has 34 heavy (non-hydrogen) atoms. The molecule has 5 nitrogen and oxygen atoms in total. The Kier molecular flexibility index (Phi) is 4.98. The first-order valence-electron chi connectivity index (χ1n) is 12.4. The van der Waals surface area contributed by atoms with Crippen LogP contribution in [-0.4, -0.2) is 64.7 Å². The molecule has 0 radical (unpaired) electrons. The van der Waals surface area contributed by atoms with Crippen molar-refractivity contribution in [3.05, 3.63) is 84.0 Å². The number of carbonyl (C=O) groups excluding carboxylic acids is 1. The van der Waals surface area contributed by atoms with Crippen molar-refractivity contribution in [3.8, 4) is 5.75 Å². The van der Waals surface area contributed by atoms with Crippen LogP contribution in [0.3, 0.4) is 0 Å². The van der Waals surface area contributed by atoms with Crippen LogP contribution in [0.5, 0.6) is 5.75 Å². The minimum absolute atomic E-state index is 0.0335. The van der Waals surface area contributed by atoms with E-state index in [1.54, 1.807) is 6.08 Å². The molecule has 6 rings (SSSR count). The average Bonchev–Trinajstić information content (AvgIpc) is 3.19. The Bertz CT molecular complexity index is 1160. The van der Waals surface area contributed by atoms with Crippen molar-refractivity contribution in [3.63, 3.8) is 0 Å². The van der Waals surface area contributed by atoms with Gasteiger partial charge in [-0.2, -0.15) is 0 Å². The van der Waals surface area contributed by atoms with Crippen LogP contribution in [0.2, 0.25) is 0 Å². The van der Waals surface area contributed by atoms with Gasteiger partial charge < -0.3 is 14.7 Å². The molecule has 4 aliphatic rings. The molecule has 2 bridgehead atoms. The van der Waals surface area contributed by atoms with Crippen LogP contribution in [0.1, 0.15) is 36.0 Å². The fraction of sp³-hybridized carbons (Fsp3) is 0.414. The fourth-order valence-electron chi connectivity index (χ4n) is 7.37. The monoisotopic (exact) mass is 456 g/mol. The van der Waals surface area contributed by atoms with Gasteiger partial charge in [0.25, 0.3) is 0 Å². The molecule has 5 heteroatoms. The quantitative estimate of drug-likeness (QED) is 0.552. The molecule has 2 aromatic rings. The van der Waals surface area contributed by atoms with Crippen molar-refractivity contribution in [1.29, 1.82) is 0 Å². The maximum Gasteiger partial charge on any atom is 0.246 e. The second-order valence-corrected chi connectivity index (χ2v) is 10.3. The molecule has 2 aromatic carbocycles. The lowest BCUT2D eigenvalue weighted by Gasteiger charge is -2.64. The van der Waals surface area contributed by atoms with Gasteiger partial charge in [0.2, 0.25) is 5.91 Å². The zero-order chi connectivity index (χ0) is 23.5. The Hall–Kier alpha value is -2.89. The van der Waals surface area contributed by atoms with E-state index in [1.165, 1.54) is 11.1 Å². The Morgan fingerprint density at radius 2 is 2.06 bits per heavy atom. The third-order valence-corrected chi connectivity index (χ3v) is 8.87. The van der Waals surface area contributed by atoms with Gasteiger partial charge in [-0.15, -0.1) is 6.58 Å². The number of carbonyl (C=O) groups is 1. The van der Waals surface area contributed by atoms with Gasteiger partial charge in [0.1, 0.15) is 11.9 Å². The largest absolute Gasteiger partial charge is 0.487 e. The zero-order valence-corrected chi connectivity index (χ0v) is 19.7. The minimum atomic E-state index is -0.876. The van der Waals surface area contributed by atoms with Crippen molar-refractivity contribution in [2.45, 2.75) is 54.9 Å². The van der Waals surface area contributed by atoms with E-state index in [9.17, 15) is 9.90 Å². The summed E-state index contributed by atoms with van der Waals surface area (Å²) in [6, 6.07) is 16.1. The number of amides is 1. The zero-order valence-electron chi connectivity index (χ0n) is 19.7. The van der Waals surface area contributed by atoms with Crippen molar-refractivity contribution in [2.75, 3.05) is 20.1 Å². The van der Waals surface area contributed by atoms with Crippen LogP contribution in [0, 0.1) is 0 Å². The number of hydrogen-bond acceptors (Lipinski definition) is 4. The van der Waals surface area contributed by atoms with Gasteiger partial charge in [-0.05, 0) is 55.5 Å². The van der Waals surface area contributed by atoms with Crippen molar-refractivity contribution in [1.82, 2.24) is 9.80 Å². The summed E-state index contributed by atoms with van der Waals surface area (Å²) in [5.41, 5.74) is 2.11. The Labute approximate surface area is 201 Å². The molecule has 2 aliphatic carbocycles. The molecule has 176 valence electrons. The lowest BCUT2D eigenvalue weighted by Crippen LogP contribution is -2.78. The second-order valence-electron chi connectivity index (χ2n) is 10.3. The smallest absolute Gasteiger partial charge is 0.246 e. The molecule has 1 saturated carbocycles. The number of likely N-dealkylation sites (tertiary alicyclic amines) is 1. The Morgan fingerprint density at radius 3 is 2.85 bits per heavy atom. The molecule has 1 spiro atoms. The van der Waals surface area contributed by atoms with Gasteiger partial charge in [0.15, 0.2) is 0 Å². The third kappa shape index (κ3) is 2.83. The van der Waals surface area contributed by atoms with E-state index < -0.39 is 11.0 Å². The number of benzene rings is 2. The molecule has 1 N–H and O–H groups in total. The first-order valence-corrected chi connectivity index (χ1v) is 12.4. The number of ether oxygens (including phenoxy) is 1. The number of rotatable bonds is 5. The SMILES string of the molecule is C=CCN1CC[C@]23c4c5cccc4O[C@H]2[C@H](N(C)C(=O)C=Cc2ccccc2)CC[C@@]3(O)[C@H]1C5. The molecular weight excluding hydrogens is 424 g/mol. The molecule has 1 saturated heterocycles. The highest BCUT2D eigenvalue weighted by Gasteiger charge is 2.72. The van der Waals surface area contributed by atoms with E-state index in [0.717, 1.165) is 37.2 Å². The highest BCUT2D eigenvalue weighted by atomic mass is 16.5. The summed E-state index contributed by atoms with van der Waals surface area (Å²) in [6.07, 6.45) is 8.21. The van der Waals surface area contributed by atoms with Crippen molar-refractivity contribution < 1.29 is 14.6 Å². The minimum Gasteiger partial charge on any atom is -0.487 e. The third-order valence-electron chi connectivity index (χ3n) is 8.87. The van der Waals surface area contributed by atoms with Gasteiger partial charge in [0, 0.05) is 31.3 Å². The number of aliphatic hydroxyl groups is 1. The van der Waals surface area contributed by atoms with Gasteiger partial charge in [-0.1, -0.05) is 48.5 Å². The number of likely N-dealkylation sites (N-methyl/N-ethyl adjacent to an activating group) is 1. The van der Waals surface area contributed by atoms with Crippen LogP contribution in [0.15, 0.2) is 67.3 Å². The van der Waals surface area contributed by atoms with E-state index in [-0.39, 0.29) is 24.1 Å². The fourth-order valence-corrected chi connectivity index (χ4v) is 7.37. The summed E-state index contributed by atoms with van der Waals surface area (Å²) in [4.78, 5) is 17.5. The predicted molar refractivity (Wildman–Crippen MR) is 133 cm³/mol. The van der Waals surface area contributed by atoms with Gasteiger partial charge in [-0.25, -0.2) is 0 Å². The molecule has 2 fully saturated rings. The van der Waals surface area contributed by atoms with E-state index in [2.05, 4.69) is 23.6 Å². The summed E-state index contributed by atoms with van der Waals surface area (Å²) in [5.74, 6) is 0.857. The van der Waals surface area contributed by atoms with Crippen LogP contribution in [0.25, 0.3) is 6.08 Å². The Balaban J connectivity index is 1.37. The molecule has 2 aliphatic heterocycles. The summed E-state index contributed by atoms with van der Waals surface area (Å²) >= 11 is 0. The first kappa shape index (κ1) is 21.6. The first-order chi connectivity index (χ1) is 16.5. The van der Waals surface area contributed by atoms with Gasteiger partial charge >= 0.3 is 0 Å². The van der Waals surface area contributed by atoms with E-state index in [0.29, 0.717) is 12.8 Å². The molecule has 5 atom stereocenters. The van der Waals surface area contributed by atoms with E-state index in [4.69, 9.17) is 4.74 Å². The number of piperidine rings is 1. The standard InChI is InChI=1S/C29H32N2O3/c1-3-17-31-18-16-28-26-21-10-7-11-23(26)34-27(28)22(14-15-29(28,33)24(31)19-21)30(2)25(32)13-12-20-8-5-4-6-9-20/h3-13,22,24,27,33H,1,14-19H2,2H3/t22-,24-,27+,28+,29-/m1/s1. The highest BCUT2D eigenvalue weighted by molar-refractivity contribution is 5.92. The van der Waals surface area contributed by atoms with Crippen LogP contribution in [0.4, 0.5) is 0 Å². The maximum atomic E-state index is 13.2. The van der Waals surface area contributed by atoms with Crippen LogP contribution >= 0.6 is 0 Å². The number of hydrogen-bond donors (Lipinski definition) is 1. The molecule has 0 unspecified atom stereocenters. The van der Waals surface area contributed by atoms with Crippen molar-refractivity contribution in [2.24, 2.45) is 0 Å². The van der Waals surface area contributed by atoms with Crippen LogP contribution < -0.4 is 4.74 Å². The van der Waals surface area contributed by atoms with Gasteiger partial charge in [-0.3, -0.25) is 9.69 Å². The summed E-state index contributed by atoms with van der Waals surface area (Å²) < 4.78 is 6.67. The summed E-state index contributed by atoms with van der Waals surface area (Å²) in [7, 11) is 1.88. The predicted octanol–water partition coefficient (Wildman–Crippen LogP) is 3.57. The summed E-state index contributed by atoms with van der Waals surface area (Å²) in [6.45, 7) is 5.62. The van der Waals surface area contributed by atoms with Gasteiger partial charge in [0.05, 0.1) is 17.1 Å². The average molecular weight is 457 g/mol. The molecule has 2 heterocycles. The maximum absolute atomic E-state index is 13.2. The molecular formula is C29H32N2O3. The van der Waals surface area contributed by atoms with E-state index in [1.807, 2.05) is 60.5 Å². The normalized spacial score (nSPS) is 33.3. The van der Waals surface area contributed by atoms with Crippen LogP contribution in [-0.2, 0) is 16.6 Å². The lowest BCUT2D eigenvalue weighted by molar-refractivity contribution is -0.198.